The molecule has 1 aromatic heterocycles. The Labute approximate surface area is 206 Å². The van der Waals surface area contributed by atoms with Crippen LogP contribution in [0.25, 0.3) is 0 Å². The predicted octanol–water partition coefficient (Wildman–Crippen LogP) is 3.07. The van der Waals surface area contributed by atoms with E-state index in [4.69, 9.17) is 4.74 Å². The Balaban J connectivity index is 1.45. The first-order chi connectivity index (χ1) is 16.4. The second-order valence-electron chi connectivity index (χ2n) is 11.9. The van der Waals surface area contributed by atoms with Crippen LogP contribution in [0.2, 0.25) is 0 Å². The van der Waals surface area contributed by atoms with Crippen LogP contribution < -0.4 is 0 Å². The molecule has 0 spiro atoms. The Morgan fingerprint density at radius 3 is 2.51 bits per heavy atom. The second-order valence-corrected chi connectivity index (χ2v) is 11.9. The molecule has 1 unspecified atom stereocenters. The Bertz CT molecular complexity index is 1060. The van der Waals surface area contributed by atoms with Crippen LogP contribution in [0.1, 0.15) is 71.3 Å². The van der Waals surface area contributed by atoms with E-state index in [0.29, 0.717) is 25.7 Å². The molecule has 0 radical (unpaired) electrons. The van der Waals surface area contributed by atoms with Crippen LogP contribution in [0.4, 0.5) is 0 Å². The minimum atomic E-state index is -1.61. The fourth-order valence-electron chi connectivity index (χ4n) is 8.47. The number of ether oxygens (including phenoxy) is 1. The maximum atomic E-state index is 13.0. The molecule has 0 bridgehead atoms. The molecule has 7 nitrogen and oxygen atoms in total. The maximum Gasteiger partial charge on any atom is 0.303 e. The summed E-state index contributed by atoms with van der Waals surface area (Å²) >= 11 is 0. The van der Waals surface area contributed by atoms with Crippen LogP contribution in [-0.4, -0.2) is 50.4 Å². The summed E-state index contributed by atoms with van der Waals surface area (Å²) in [6.07, 6.45) is 9.12. The zero-order valence-corrected chi connectivity index (χ0v) is 20.9. The van der Waals surface area contributed by atoms with Gasteiger partial charge >= 0.3 is 5.97 Å². The highest BCUT2D eigenvalue weighted by Crippen LogP contribution is 2.68. The first-order valence-corrected chi connectivity index (χ1v) is 12.9. The van der Waals surface area contributed by atoms with Crippen LogP contribution in [-0.2, 0) is 19.9 Å². The number of aliphatic hydroxyl groups excluding tert-OH is 1. The highest BCUT2D eigenvalue weighted by molar-refractivity contribution is 5.91. The van der Waals surface area contributed by atoms with Crippen LogP contribution in [0.3, 0.4) is 0 Å². The summed E-state index contributed by atoms with van der Waals surface area (Å²) in [5.41, 5.74) is -1.61. The number of aliphatic hydroxyl groups is 3. The Hall–Kier alpha value is -2.09. The fraction of sp³-hybridized carbons (Fsp3) is 0.679. The summed E-state index contributed by atoms with van der Waals surface area (Å²) in [6, 6.07) is 3.72. The SMILES string of the molecule is CC(=O)OCC(=O)[C@@]1(O)CC[C@H]2[C@@H]3CCC4=CC(O)(c5ccncc5)CC[C@]4(C)[C@H]3[C@@H](O)C[C@@]21C. The van der Waals surface area contributed by atoms with Crippen molar-refractivity contribution in [2.24, 2.45) is 28.6 Å². The summed E-state index contributed by atoms with van der Waals surface area (Å²) in [4.78, 5) is 28.4. The molecule has 0 aromatic carbocycles. The maximum absolute atomic E-state index is 13.0. The van der Waals surface area contributed by atoms with Gasteiger partial charge in [0.1, 0.15) is 11.2 Å². The number of ketones is 1. The normalized spacial score (nSPS) is 44.5. The van der Waals surface area contributed by atoms with Crippen molar-refractivity contribution >= 4 is 11.8 Å². The molecule has 1 heterocycles. The largest absolute Gasteiger partial charge is 0.458 e. The smallest absolute Gasteiger partial charge is 0.303 e. The Kier molecular flexibility index (Phi) is 5.78. The second kappa shape index (κ2) is 8.22. The molecule has 0 saturated heterocycles. The zero-order valence-electron chi connectivity index (χ0n) is 20.9. The lowest BCUT2D eigenvalue weighted by molar-refractivity contribution is -0.185. The monoisotopic (exact) mass is 483 g/mol. The summed E-state index contributed by atoms with van der Waals surface area (Å²) in [7, 11) is 0. The van der Waals surface area contributed by atoms with Gasteiger partial charge in [-0.3, -0.25) is 14.6 Å². The van der Waals surface area contributed by atoms with Crippen molar-refractivity contribution in [2.45, 2.75) is 83.0 Å². The van der Waals surface area contributed by atoms with E-state index in [1.807, 2.05) is 25.1 Å². The molecule has 35 heavy (non-hydrogen) atoms. The van der Waals surface area contributed by atoms with Crippen molar-refractivity contribution in [1.29, 1.82) is 0 Å². The summed E-state index contributed by atoms with van der Waals surface area (Å²) in [6.45, 7) is 4.98. The number of pyridine rings is 1. The van der Waals surface area contributed by atoms with Crippen LogP contribution in [0, 0.1) is 28.6 Å². The molecule has 3 fully saturated rings. The molecule has 0 aliphatic heterocycles. The number of rotatable bonds is 4. The lowest BCUT2D eigenvalue weighted by Gasteiger charge is -2.61. The third kappa shape index (κ3) is 3.53. The van der Waals surface area contributed by atoms with Crippen molar-refractivity contribution in [2.75, 3.05) is 6.61 Å². The van der Waals surface area contributed by atoms with Crippen molar-refractivity contribution in [3.05, 3.63) is 41.7 Å². The predicted molar refractivity (Wildman–Crippen MR) is 128 cm³/mol. The number of Topliss-reactive ketones (excluding diaryl/α,β-unsaturated/α-hetero) is 1. The topological polar surface area (TPSA) is 117 Å². The van der Waals surface area contributed by atoms with Crippen molar-refractivity contribution in [3.63, 3.8) is 0 Å². The van der Waals surface area contributed by atoms with E-state index < -0.39 is 41.1 Å². The molecular formula is C28H37NO6. The zero-order chi connectivity index (χ0) is 25.2. The third-order valence-electron chi connectivity index (χ3n) is 10.3. The molecule has 3 N–H and O–H groups in total. The van der Waals surface area contributed by atoms with Gasteiger partial charge in [-0.2, -0.15) is 0 Å². The Morgan fingerprint density at radius 1 is 1.11 bits per heavy atom. The minimum Gasteiger partial charge on any atom is -0.458 e. The van der Waals surface area contributed by atoms with Crippen molar-refractivity contribution in [1.82, 2.24) is 4.98 Å². The average Bonchev–Trinajstić information content (AvgIpc) is 3.09. The number of allylic oxidation sites excluding steroid dienone is 1. The number of carbonyl (C=O) groups is 2. The van der Waals surface area contributed by atoms with E-state index in [2.05, 4.69) is 11.9 Å². The van der Waals surface area contributed by atoms with Crippen LogP contribution in [0.15, 0.2) is 36.2 Å². The minimum absolute atomic E-state index is 0.00786. The van der Waals surface area contributed by atoms with Crippen LogP contribution in [0.5, 0.6) is 0 Å². The molecule has 4 aliphatic carbocycles. The van der Waals surface area contributed by atoms with Crippen LogP contribution >= 0.6 is 0 Å². The van der Waals surface area contributed by atoms with Gasteiger partial charge in [0.2, 0.25) is 5.78 Å². The fourth-order valence-corrected chi connectivity index (χ4v) is 8.47. The molecule has 5 rings (SSSR count). The molecule has 1 aromatic rings. The van der Waals surface area contributed by atoms with Crippen molar-refractivity contribution < 1.29 is 29.6 Å². The summed E-state index contributed by atoms with van der Waals surface area (Å²) in [5, 5.41) is 34.7. The van der Waals surface area contributed by atoms with E-state index in [-0.39, 0.29) is 23.2 Å². The van der Waals surface area contributed by atoms with Gasteiger partial charge < -0.3 is 20.1 Å². The molecule has 7 heteroatoms. The molecule has 4 aliphatic rings. The molecule has 8 atom stereocenters. The standard InChI is InChI=1S/C28H37NO6/c1-17(30)35-16-23(32)28(34)9-6-21-20-5-4-19-14-27(33,18-7-12-29-13-8-18)11-10-25(19,2)24(20)22(31)15-26(21,28)3/h7-8,12-14,20-22,24,31,33-34H,4-6,9-11,15-16H2,1-3H3/t20-,21-,22-,24+,25-,26-,27?,28-/m0/s1. The third-order valence-corrected chi connectivity index (χ3v) is 10.3. The van der Waals surface area contributed by atoms with E-state index >= 15 is 0 Å². The number of fused-ring (bicyclic) bond motifs is 5. The van der Waals surface area contributed by atoms with E-state index in [9.17, 15) is 24.9 Å². The number of hydrogen-bond acceptors (Lipinski definition) is 7. The molecule has 3 saturated carbocycles. The van der Waals surface area contributed by atoms with E-state index in [1.54, 1.807) is 12.4 Å². The van der Waals surface area contributed by atoms with Gasteiger partial charge in [0, 0.05) is 24.7 Å². The average molecular weight is 484 g/mol. The summed E-state index contributed by atoms with van der Waals surface area (Å²) < 4.78 is 4.94. The van der Waals surface area contributed by atoms with E-state index in [0.717, 1.165) is 24.8 Å². The number of hydrogen-bond donors (Lipinski definition) is 3. The van der Waals surface area contributed by atoms with Gasteiger partial charge in [0.05, 0.1) is 6.10 Å². The molecular weight excluding hydrogens is 446 g/mol. The first-order valence-electron chi connectivity index (χ1n) is 12.9. The summed E-state index contributed by atoms with van der Waals surface area (Å²) in [5.74, 6) is -0.733. The van der Waals surface area contributed by atoms with Gasteiger partial charge in [-0.25, -0.2) is 0 Å². The Morgan fingerprint density at radius 2 is 1.83 bits per heavy atom. The number of nitrogens with zero attached hydrogens (tertiary/aromatic N) is 1. The quantitative estimate of drug-likeness (QED) is 0.445. The van der Waals surface area contributed by atoms with Gasteiger partial charge in [-0.15, -0.1) is 0 Å². The highest BCUT2D eigenvalue weighted by atomic mass is 16.5. The molecule has 0 amide bonds. The van der Waals surface area contributed by atoms with Gasteiger partial charge in [-0.05, 0) is 91.9 Å². The van der Waals surface area contributed by atoms with Gasteiger partial charge in [0.25, 0.3) is 0 Å². The number of aromatic nitrogens is 1. The molecule has 190 valence electrons. The van der Waals surface area contributed by atoms with Crippen molar-refractivity contribution in [3.8, 4) is 0 Å². The first kappa shape index (κ1) is 24.6. The van der Waals surface area contributed by atoms with E-state index in [1.165, 1.54) is 12.5 Å². The lowest BCUT2D eigenvalue weighted by atomic mass is 9.45. The number of esters is 1. The van der Waals surface area contributed by atoms with Gasteiger partial charge in [0.15, 0.2) is 6.61 Å². The number of carbonyl (C=O) groups excluding carboxylic acids is 2. The highest BCUT2D eigenvalue weighted by Gasteiger charge is 2.68. The van der Waals surface area contributed by atoms with Gasteiger partial charge in [-0.1, -0.05) is 19.4 Å². The lowest BCUT2D eigenvalue weighted by Crippen LogP contribution is -2.62.